The Labute approximate surface area is 167 Å². The van der Waals surface area contributed by atoms with E-state index in [0.717, 1.165) is 10.9 Å². The van der Waals surface area contributed by atoms with E-state index in [0.29, 0.717) is 34.4 Å². The number of carbonyl (C=O) groups is 1. The van der Waals surface area contributed by atoms with Crippen LogP contribution >= 0.6 is 11.6 Å². The highest BCUT2D eigenvalue weighted by Crippen LogP contribution is 2.28. The first-order chi connectivity index (χ1) is 13.5. The highest BCUT2D eigenvalue weighted by atomic mass is 35.5. The molecule has 28 heavy (non-hydrogen) atoms. The molecule has 0 saturated heterocycles. The molecule has 0 atom stereocenters. The van der Waals surface area contributed by atoms with Gasteiger partial charge in [-0.05, 0) is 42.8 Å². The van der Waals surface area contributed by atoms with Gasteiger partial charge in [0.1, 0.15) is 17.3 Å². The van der Waals surface area contributed by atoms with Gasteiger partial charge in [-0.25, -0.2) is 14.8 Å². The molecule has 0 radical (unpaired) electrons. The standard InChI is InChI=1S/C20H20ClN3O4/c1-4-28-20(25)19-23-16-7-6-13(26-2)10-14(16)18(24-19)22-11-12-5-8-17(27-3)15(21)9-12/h5-10H,4,11H2,1-3H3,(H,22,23,24). The van der Waals surface area contributed by atoms with Crippen molar-refractivity contribution in [1.82, 2.24) is 9.97 Å². The summed E-state index contributed by atoms with van der Waals surface area (Å²) in [7, 11) is 3.15. The van der Waals surface area contributed by atoms with Crippen LogP contribution in [0.2, 0.25) is 5.02 Å². The Morgan fingerprint density at radius 3 is 2.61 bits per heavy atom. The summed E-state index contributed by atoms with van der Waals surface area (Å²) in [4.78, 5) is 20.8. The lowest BCUT2D eigenvalue weighted by Gasteiger charge is -2.12. The van der Waals surface area contributed by atoms with Crippen molar-refractivity contribution in [3.05, 3.63) is 52.8 Å². The van der Waals surface area contributed by atoms with E-state index in [1.807, 2.05) is 18.2 Å². The van der Waals surface area contributed by atoms with Crippen molar-refractivity contribution in [2.45, 2.75) is 13.5 Å². The minimum atomic E-state index is -0.573. The van der Waals surface area contributed by atoms with E-state index in [9.17, 15) is 4.79 Å². The number of methoxy groups -OCH3 is 2. The third-order valence-corrected chi connectivity index (χ3v) is 4.33. The molecule has 1 N–H and O–H groups in total. The van der Waals surface area contributed by atoms with Crippen LogP contribution in [0.15, 0.2) is 36.4 Å². The average molecular weight is 402 g/mol. The number of anilines is 1. The first-order valence-electron chi connectivity index (χ1n) is 8.65. The van der Waals surface area contributed by atoms with Gasteiger partial charge in [0.2, 0.25) is 5.82 Å². The molecule has 0 unspecified atom stereocenters. The van der Waals surface area contributed by atoms with E-state index in [1.54, 1.807) is 39.3 Å². The number of carbonyl (C=O) groups excluding carboxylic acids is 1. The molecule has 0 spiro atoms. The van der Waals surface area contributed by atoms with Crippen molar-refractivity contribution < 1.29 is 19.0 Å². The van der Waals surface area contributed by atoms with Crippen LogP contribution in [0.3, 0.4) is 0 Å². The van der Waals surface area contributed by atoms with E-state index < -0.39 is 5.97 Å². The zero-order valence-corrected chi connectivity index (χ0v) is 16.5. The van der Waals surface area contributed by atoms with Gasteiger partial charge in [-0.15, -0.1) is 0 Å². The topological polar surface area (TPSA) is 82.6 Å². The zero-order chi connectivity index (χ0) is 20.1. The number of nitrogens with zero attached hydrogens (tertiary/aromatic N) is 2. The smallest absolute Gasteiger partial charge is 0.376 e. The fourth-order valence-electron chi connectivity index (χ4n) is 2.66. The van der Waals surface area contributed by atoms with Gasteiger partial charge in [0, 0.05) is 11.9 Å². The summed E-state index contributed by atoms with van der Waals surface area (Å²) in [6.07, 6.45) is 0. The number of ether oxygens (including phenoxy) is 3. The molecule has 0 fully saturated rings. The second-order valence-electron chi connectivity index (χ2n) is 5.82. The van der Waals surface area contributed by atoms with Gasteiger partial charge in [0.05, 0.1) is 31.4 Å². The van der Waals surface area contributed by atoms with Crippen molar-refractivity contribution in [3.8, 4) is 11.5 Å². The van der Waals surface area contributed by atoms with E-state index in [4.69, 9.17) is 25.8 Å². The molecule has 3 aromatic rings. The summed E-state index contributed by atoms with van der Waals surface area (Å²) in [5.74, 6) is 1.19. The Morgan fingerprint density at radius 2 is 1.93 bits per heavy atom. The second kappa shape index (κ2) is 8.75. The normalized spacial score (nSPS) is 10.6. The molecule has 1 heterocycles. The van der Waals surface area contributed by atoms with Gasteiger partial charge < -0.3 is 19.5 Å². The number of aromatic nitrogens is 2. The van der Waals surface area contributed by atoms with E-state index in [2.05, 4.69) is 15.3 Å². The lowest BCUT2D eigenvalue weighted by Crippen LogP contribution is -2.12. The number of benzene rings is 2. The molecular weight excluding hydrogens is 382 g/mol. The summed E-state index contributed by atoms with van der Waals surface area (Å²) >= 11 is 6.19. The summed E-state index contributed by atoms with van der Waals surface area (Å²) in [5, 5.41) is 4.49. The summed E-state index contributed by atoms with van der Waals surface area (Å²) in [5.41, 5.74) is 1.53. The van der Waals surface area contributed by atoms with Crippen LogP contribution in [-0.4, -0.2) is 36.8 Å². The van der Waals surface area contributed by atoms with Crippen molar-refractivity contribution in [2.24, 2.45) is 0 Å². The molecule has 0 aliphatic carbocycles. The SMILES string of the molecule is CCOC(=O)c1nc(NCc2ccc(OC)c(Cl)c2)c2cc(OC)ccc2n1. The monoisotopic (exact) mass is 401 g/mol. The van der Waals surface area contributed by atoms with E-state index >= 15 is 0 Å². The van der Waals surface area contributed by atoms with Crippen LogP contribution in [-0.2, 0) is 11.3 Å². The number of fused-ring (bicyclic) bond motifs is 1. The van der Waals surface area contributed by atoms with Crippen molar-refractivity contribution in [3.63, 3.8) is 0 Å². The van der Waals surface area contributed by atoms with Crippen molar-refractivity contribution in [2.75, 3.05) is 26.1 Å². The second-order valence-corrected chi connectivity index (χ2v) is 6.23. The molecule has 0 bridgehead atoms. The number of rotatable bonds is 7. The predicted octanol–water partition coefficient (Wildman–Crippen LogP) is 4.09. The third kappa shape index (κ3) is 4.26. The maximum Gasteiger partial charge on any atom is 0.376 e. The molecule has 0 saturated carbocycles. The van der Waals surface area contributed by atoms with Gasteiger partial charge in [0.25, 0.3) is 0 Å². The van der Waals surface area contributed by atoms with Gasteiger partial charge >= 0.3 is 5.97 Å². The fraction of sp³-hybridized carbons (Fsp3) is 0.250. The van der Waals surface area contributed by atoms with Crippen molar-refractivity contribution >= 4 is 34.3 Å². The Bertz CT molecular complexity index is 1010. The van der Waals surface area contributed by atoms with Gasteiger partial charge in [-0.1, -0.05) is 17.7 Å². The minimum Gasteiger partial charge on any atom is -0.497 e. The lowest BCUT2D eigenvalue weighted by atomic mass is 10.2. The van der Waals surface area contributed by atoms with Crippen LogP contribution in [0.5, 0.6) is 11.5 Å². The molecule has 0 aliphatic heterocycles. The molecule has 2 aromatic carbocycles. The maximum atomic E-state index is 12.1. The van der Waals surface area contributed by atoms with E-state index in [1.165, 1.54) is 0 Å². The van der Waals surface area contributed by atoms with Crippen molar-refractivity contribution in [1.29, 1.82) is 0 Å². The number of hydrogen-bond acceptors (Lipinski definition) is 7. The van der Waals surface area contributed by atoms with Gasteiger partial charge in [0.15, 0.2) is 0 Å². The van der Waals surface area contributed by atoms with Crippen LogP contribution < -0.4 is 14.8 Å². The molecule has 8 heteroatoms. The van der Waals surface area contributed by atoms with E-state index in [-0.39, 0.29) is 12.4 Å². The lowest BCUT2D eigenvalue weighted by molar-refractivity contribution is 0.0512. The van der Waals surface area contributed by atoms with Crippen LogP contribution in [0.4, 0.5) is 5.82 Å². The summed E-state index contributed by atoms with van der Waals surface area (Å²) < 4.78 is 15.5. The Balaban J connectivity index is 1.96. The molecule has 0 amide bonds. The van der Waals surface area contributed by atoms with Gasteiger partial charge in [-0.2, -0.15) is 0 Å². The average Bonchev–Trinajstić information content (AvgIpc) is 2.71. The number of halogens is 1. The fourth-order valence-corrected chi connectivity index (χ4v) is 2.94. The van der Waals surface area contributed by atoms with Crippen LogP contribution in [0, 0.1) is 0 Å². The Morgan fingerprint density at radius 1 is 1.11 bits per heavy atom. The third-order valence-electron chi connectivity index (χ3n) is 4.04. The first kappa shape index (κ1) is 19.7. The molecule has 0 aliphatic rings. The summed E-state index contributed by atoms with van der Waals surface area (Å²) in [6, 6.07) is 10.9. The largest absolute Gasteiger partial charge is 0.497 e. The minimum absolute atomic E-state index is 0.00483. The summed E-state index contributed by atoms with van der Waals surface area (Å²) in [6.45, 7) is 2.42. The molecule has 3 rings (SSSR count). The quantitative estimate of drug-likeness (QED) is 0.597. The molecule has 1 aromatic heterocycles. The van der Waals surface area contributed by atoms with Gasteiger partial charge in [-0.3, -0.25) is 0 Å². The number of hydrogen-bond donors (Lipinski definition) is 1. The Hall–Kier alpha value is -3.06. The molecule has 7 nitrogen and oxygen atoms in total. The number of esters is 1. The van der Waals surface area contributed by atoms with Crippen LogP contribution in [0.1, 0.15) is 23.1 Å². The number of nitrogens with one attached hydrogen (secondary N) is 1. The van der Waals surface area contributed by atoms with Crippen LogP contribution in [0.25, 0.3) is 10.9 Å². The first-order valence-corrected chi connectivity index (χ1v) is 9.02. The highest BCUT2D eigenvalue weighted by Gasteiger charge is 2.16. The molecular formula is C20H20ClN3O4. The Kier molecular flexibility index (Phi) is 6.16. The zero-order valence-electron chi connectivity index (χ0n) is 15.8. The molecule has 146 valence electrons. The maximum absolute atomic E-state index is 12.1. The predicted molar refractivity (Wildman–Crippen MR) is 107 cm³/mol. The highest BCUT2D eigenvalue weighted by molar-refractivity contribution is 6.32.